The third-order valence-corrected chi connectivity index (χ3v) is 3.41. The van der Waals surface area contributed by atoms with E-state index in [2.05, 4.69) is 43.8 Å². The maximum Gasteiger partial charge on any atom is 0.328 e. The van der Waals surface area contributed by atoms with Crippen molar-refractivity contribution < 1.29 is 9.90 Å². The van der Waals surface area contributed by atoms with Crippen molar-refractivity contribution >= 4 is 12.0 Å². The number of hydrogen-bond acceptors (Lipinski definition) is 3. The van der Waals surface area contributed by atoms with Crippen LogP contribution in [0, 0.1) is 0 Å². The number of carboxylic acids is 1. The van der Waals surface area contributed by atoms with E-state index >= 15 is 0 Å². The highest BCUT2D eigenvalue weighted by atomic mass is 16.4. The minimum absolute atomic E-state index is 0.475. The molecule has 1 unspecified atom stereocenters. The molecule has 4 nitrogen and oxygen atoms in total. The van der Waals surface area contributed by atoms with Gasteiger partial charge in [0.25, 0.3) is 0 Å². The Kier molecular flexibility index (Phi) is 7.12. The summed E-state index contributed by atoms with van der Waals surface area (Å²) in [5, 5.41) is 8.68. The lowest BCUT2D eigenvalue weighted by Crippen LogP contribution is -2.39. The van der Waals surface area contributed by atoms with Crippen molar-refractivity contribution in [3.63, 3.8) is 0 Å². The van der Waals surface area contributed by atoms with Gasteiger partial charge in [0.05, 0.1) is 0 Å². The van der Waals surface area contributed by atoms with E-state index in [1.165, 1.54) is 11.6 Å². The van der Waals surface area contributed by atoms with E-state index in [0.29, 0.717) is 6.04 Å². The van der Waals surface area contributed by atoms with E-state index in [-0.39, 0.29) is 0 Å². The first-order valence-corrected chi connectivity index (χ1v) is 7.31. The molecule has 1 aromatic carbocycles. The predicted octanol–water partition coefficient (Wildman–Crippen LogP) is 2.56. The summed E-state index contributed by atoms with van der Waals surface area (Å²) in [6, 6.07) is 8.50. The third kappa shape index (κ3) is 6.56. The SMILES string of the molecule is CCN(Cc1cccc(/C=C/C(=O)O)c1)C(C)CN(C)C. The molecule has 0 fully saturated rings. The first-order chi connectivity index (χ1) is 9.92. The smallest absolute Gasteiger partial charge is 0.328 e. The van der Waals surface area contributed by atoms with Gasteiger partial charge < -0.3 is 10.0 Å². The van der Waals surface area contributed by atoms with E-state index in [9.17, 15) is 4.79 Å². The molecule has 21 heavy (non-hydrogen) atoms. The van der Waals surface area contributed by atoms with Crippen LogP contribution in [0.5, 0.6) is 0 Å². The van der Waals surface area contributed by atoms with Crippen LogP contribution in [0.3, 0.4) is 0 Å². The molecule has 0 amide bonds. The summed E-state index contributed by atoms with van der Waals surface area (Å²) in [4.78, 5) is 15.2. The fourth-order valence-corrected chi connectivity index (χ4v) is 2.42. The Labute approximate surface area is 127 Å². The molecule has 1 N–H and O–H groups in total. The fourth-order valence-electron chi connectivity index (χ4n) is 2.42. The van der Waals surface area contributed by atoms with Gasteiger partial charge >= 0.3 is 5.97 Å². The molecule has 116 valence electrons. The van der Waals surface area contributed by atoms with Crippen LogP contribution in [0.1, 0.15) is 25.0 Å². The largest absolute Gasteiger partial charge is 0.478 e. The standard InChI is InChI=1S/C17H26N2O2/c1-5-19(14(2)12-18(3)4)13-16-8-6-7-15(11-16)9-10-17(20)21/h6-11,14H,5,12-13H2,1-4H3,(H,20,21)/b10-9+. The van der Waals surface area contributed by atoms with Crippen LogP contribution in [0.4, 0.5) is 0 Å². The normalized spacial score (nSPS) is 13.2. The summed E-state index contributed by atoms with van der Waals surface area (Å²) in [6.45, 7) is 7.29. The molecule has 4 heteroatoms. The van der Waals surface area contributed by atoms with Crippen LogP contribution < -0.4 is 0 Å². The summed E-state index contributed by atoms with van der Waals surface area (Å²) in [5.41, 5.74) is 2.13. The van der Waals surface area contributed by atoms with Crippen molar-refractivity contribution in [2.75, 3.05) is 27.2 Å². The molecule has 0 saturated carbocycles. The first kappa shape index (κ1) is 17.4. The molecule has 1 atom stereocenters. The van der Waals surface area contributed by atoms with E-state index in [0.717, 1.165) is 25.2 Å². The average molecular weight is 290 g/mol. The zero-order valence-electron chi connectivity index (χ0n) is 13.4. The van der Waals surface area contributed by atoms with Gasteiger partial charge in [0.2, 0.25) is 0 Å². The first-order valence-electron chi connectivity index (χ1n) is 7.31. The summed E-state index contributed by atoms with van der Waals surface area (Å²) >= 11 is 0. The zero-order valence-corrected chi connectivity index (χ0v) is 13.4. The number of carboxylic acid groups (broad SMARTS) is 1. The zero-order chi connectivity index (χ0) is 15.8. The number of carbonyl (C=O) groups is 1. The number of hydrogen-bond donors (Lipinski definition) is 1. The molecular formula is C17H26N2O2. The lowest BCUT2D eigenvalue weighted by molar-refractivity contribution is -0.131. The lowest BCUT2D eigenvalue weighted by Gasteiger charge is -2.30. The summed E-state index contributed by atoms with van der Waals surface area (Å²) in [7, 11) is 4.17. The van der Waals surface area contributed by atoms with Gasteiger partial charge in [0.1, 0.15) is 0 Å². The molecule has 0 bridgehead atoms. The Bertz CT molecular complexity index is 483. The second-order valence-corrected chi connectivity index (χ2v) is 5.59. The number of rotatable bonds is 8. The van der Waals surface area contributed by atoms with Gasteiger partial charge in [0.15, 0.2) is 0 Å². The number of aliphatic carboxylic acids is 1. The Balaban J connectivity index is 2.76. The van der Waals surface area contributed by atoms with Crippen LogP contribution in [-0.4, -0.2) is 54.1 Å². The van der Waals surface area contributed by atoms with Gasteiger partial charge in [-0.2, -0.15) is 0 Å². The highest BCUT2D eigenvalue weighted by Crippen LogP contribution is 2.12. The average Bonchev–Trinajstić information content (AvgIpc) is 2.42. The molecule has 0 radical (unpaired) electrons. The number of likely N-dealkylation sites (N-methyl/N-ethyl adjacent to an activating group) is 2. The fraction of sp³-hybridized carbons (Fsp3) is 0.471. The van der Waals surface area contributed by atoms with Gasteiger partial charge in [-0.1, -0.05) is 31.2 Å². The van der Waals surface area contributed by atoms with Crippen molar-refractivity contribution in [2.24, 2.45) is 0 Å². The predicted molar refractivity (Wildman–Crippen MR) is 87.2 cm³/mol. The Hall–Kier alpha value is -1.65. The summed E-state index contributed by atoms with van der Waals surface area (Å²) in [6.07, 6.45) is 2.80. The van der Waals surface area contributed by atoms with E-state index in [1.54, 1.807) is 6.08 Å². The molecule has 1 aromatic rings. The molecule has 0 spiro atoms. The molecule has 0 heterocycles. The van der Waals surface area contributed by atoms with E-state index in [1.807, 2.05) is 18.2 Å². The third-order valence-electron chi connectivity index (χ3n) is 3.41. The second kappa shape index (κ2) is 8.60. The topological polar surface area (TPSA) is 43.8 Å². The molecule has 0 aliphatic carbocycles. The minimum atomic E-state index is -0.921. The lowest BCUT2D eigenvalue weighted by atomic mass is 10.1. The van der Waals surface area contributed by atoms with Crippen molar-refractivity contribution in [1.29, 1.82) is 0 Å². The van der Waals surface area contributed by atoms with Crippen LogP contribution in [0.15, 0.2) is 30.3 Å². The Morgan fingerprint density at radius 3 is 2.67 bits per heavy atom. The van der Waals surface area contributed by atoms with E-state index in [4.69, 9.17) is 5.11 Å². The second-order valence-electron chi connectivity index (χ2n) is 5.59. The summed E-state index contributed by atoms with van der Waals surface area (Å²) in [5.74, 6) is -0.921. The van der Waals surface area contributed by atoms with E-state index < -0.39 is 5.97 Å². The van der Waals surface area contributed by atoms with Crippen LogP contribution in [0.25, 0.3) is 6.08 Å². The molecular weight excluding hydrogens is 264 g/mol. The van der Waals surface area contributed by atoms with Crippen molar-refractivity contribution in [1.82, 2.24) is 9.80 Å². The number of benzene rings is 1. The molecule has 0 saturated heterocycles. The van der Waals surface area contributed by atoms with Crippen LogP contribution >= 0.6 is 0 Å². The maximum atomic E-state index is 10.6. The number of nitrogens with zero attached hydrogens (tertiary/aromatic N) is 2. The van der Waals surface area contributed by atoms with Gasteiger partial charge in [-0.15, -0.1) is 0 Å². The molecule has 0 aromatic heterocycles. The summed E-state index contributed by atoms with van der Waals surface area (Å²) < 4.78 is 0. The van der Waals surface area contributed by atoms with Crippen LogP contribution in [-0.2, 0) is 11.3 Å². The highest BCUT2D eigenvalue weighted by Gasteiger charge is 2.13. The quantitative estimate of drug-likeness (QED) is 0.747. The Morgan fingerprint density at radius 2 is 2.10 bits per heavy atom. The van der Waals surface area contributed by atoms with Crippen LogP contribution in [0.2, 0.25) is 0 Å². The highest BCUT2D eigenvalue weighted by molar-refractivity contribution is 5.85. The van der Waals surface area contributed by atoms with Gasteiger partial charge in [-0.25, -0.2) is 4.79 Å². The van der Waals surface area contributed by atoms with Crippen molar-refractivity contribution in [3.8, 4) is 0 Å². The molecule has 0 aliphatic heterocycles. The van der Waals surface area contributed by atoms with Crippen molar-refractivity contribution in [2.45, 2.75) is 26.4 Å². The van der Waals surface area contributed by atoms with Gasteiger partial charge in [0, 0.05) is 25.2 Å². The molecule has 1 rings (SSSR count). The van der Waals surface area contributed by atoms with Crippen molar-refractivity contribution in [3.05, 3.63) is 41.5 Å². The molecule has 0 aliphatic rings. The Morgan fingerprint density at radius 1 is 1.38 bits per heavy atom. The monoisotopic (exact) mass is 290 g/mol. The van der Waals surface area contributed by atoms with Gasteiger partial charge in [-0.3, -0.25) is 4.90 Å². The van der Waals surface area contributed by atoms with Gasteiger partial charge in [-0.05, 0) is 44.8 Å². The minimum Gasteiger partial charge on any atom is -0.478 e. The maximum absolute atomic E-state index is 10.6.